The zero-order valence-corrected chi connectivity index (χ0v) is 80.1. The predicted molar refractivity (Wildman–Crippen MR) is 474 cm³/mol. The summed E-state index contributed by atoms with van der Waals surface area (Å²) in [5.74, 6) is -12.7. The first-order valence-corrected chi connectivity index (χ1v) is 46.7. The largest absolute Gasteiger partial charge is 0.462 e. The summed E-state index contributed by atoms with van der Waals surface area (Å²) in [5.41, 5.74) is 0. The number of allylic oxidation sites excluding steroid dienone is 2. The van der Waals surface area contributed by atoms with Gasteiger partial charge in [-0.15, -0.1) is 0 Å². The van der Waals surface area contributed by atoms with Gasteiger partial charge in [0.2, 0.25) is 65.0 Å². The summed E-state index contributed by atoms with van der Waals surface area (Å²) >= 11 is 0. The zero-order chi connectivity index (χ0) is 92.8. The van der Waals surface area contributed by atoms with Crippen molar-refractivity contribution in [1.82, 2.24) is 60.9 Å². The second-order valence-electron chi connectivity index (χ2n) is 35.7. The number of esters is 2. The van der Waals surface area contributed by atoms with Crippen molar-refractivity contribution < 1.29 is 84.6 Å². The smallest absolute Gasteiger partial charge is 0.328 e. The van der Waals surface area contributed by atoms with Crippen molar-refractivity contribution >= 4 is 105 Å². The van der Waals surface area contributed by atoms with Crippen molar-refractivity contribution in [1.29, 1.82) is 0 Å². The number of amides is 11. The number of hydrogen-bond acceptors (Lipinski definition) is 19. The van der Waals surface area contributed by atoms with Crippen LogP contribution in [0.25, 0.3) is 0 Å². The third kappa shape index (κ3) is 31.9. The minimum absolute atomic E-state index is 0.0297. The van der Waals surface area contributed by atoms with Crippen LogP contribution in [-0.2, 0) is 86.1 Å². The molecule has 2 aromatic rings. The highest BCUT2D eigenvalue weighted by Gasteiger charge is 2.51. The summed E-state index contributed by atoms with van der Waals surface area (Å²) in [7, 11) is 4.94. The molecular formula is C89H150N12O18SSi. The molecule has 0 bridgehead atoms. The van der Waals surface area contributed by atoms with Crippen LogP contribution < -0.4 is 37.0 Å². The van der Waals surface area contributed by atoms with E-state index in [1.807, 2.05) is 84.0 Å². The van der Waals surface area contributed by atoms with E-state index in [0.717, 1.165) is 21.5 Å². The van der Waals surface area contributed by atoms with Crippen LogP contribution in [0.3, 0.4) is 0 Å². The molecule has 0 fully saturated rings. The van der Waals surface area contributed by atoms with Crippen molar-refractivity contribution in [3.8, 4) is 0 Å². The van der Waals surface area contributed by atoms with Crippen LogP contribution >= 0.6 is 0 Å². The number of carbonyl (C=O) groups is 13. The second-order valence-corrected chi connectivity index (χ2v) is 42.2. The Morgan fingerprint density at radius 2 is 0.983 bits per heavy atom. The Morgan fingerprint density at radius 1 is 0.504 bits per heavy atom. The van der Waals surface area contributed by atoms with Gasteiger partial charge in [0.1, 0.15) is 83.0 Å². The van der Waals surface area contributed by atoms with Crippen LogP contribution in [0.15, 0.2) is 72.8 Å². The monoisotopic (exact) mass is 1740 g/mol. The standard InChI is InChI=1S/C89H150N12O18SSi/c1-31-33-41-60(13)77(119-65(18)103)76(81(107)93-68(32-2)88(114)117-51-49-95(23)64(17)102)101(29)87(113)74(59(11)12)99(27)85(111)72(53-57(7)8)98(26)84(110)71(52-56(5)6)97(25)82(108)63(16)92-78(104)62(15)91-79(105)70(48-47-55(3)4)96(24)86(112)73(58(9)10)94-80(106)75(61(14)54-120(30,115)116)100(28)83(109)69(90-22)46-40-50-118-121(89(19,20)21,66-42-36-34-37-43-66)67-44-38-35-39-45-67/h31,33-39,42-45,55-63,68-77,90H,32,40-41,46-54H2,1-30H3,(H,91,105)(H,92,104)(H,93,107)(H,94,106)/b33-31+/t60-,61-,62+,63-,68+,69-,70+,71+,72+,73+,74+,75+,76+,77-/m1/s1. The number of carbonyl (C=O) groups excluding carboxylic acids is 13. The zero-order valence-electron chi connectivity index (χ0n) is 78.3. The van der Waals surface area contributed by atoms with Crippen molar-refractivity contribution in [3.63, 3.8) is 0 Å². The SMILES string of the molecule is C/C=C/C[C@@H](C)[C@@H](OC(C)=O)[C@@H](C(=O)N[C@@H](CC)C(=O)OCCN(C)C(C)=O)N(C)C(=O)[C@H](C(C)C)N(C)C(=O)[C@H](CC(C)C)N(C)C(=O)[C@H](CC(C)C)N(C)C(=O)[C@@H](C)NC(=O)[C@H](C)NC(=O)[C@H](CCC(C)C)N(C)C(=O)[C@@H](NC(=O)[C@H]([C@H](C)CS(C)(=O)=O)N(C)C(=O)[C@@H](CCCO[Si](c1ccccc1)(c1ccccc1)C(C)(C)C)NC)C(C)C. The number of likely N-dealkylation sites (N-methyl/N-ethyl adjacent to an activating group) is 8. The van der Waals surface area contributed by atoms with Gasteiger partial charge in [0.05, 0.1) is 18.3 Å². The molecule has 0 aliphatic rings. The molecule has 0 saturated carbocycles. The molecule has 0 saturated heterocycles. The topological polar surface area (TPSA) is 367 Å². The molecule has 11 amide bonds. The number of ether oxygens (including phenoxy) is 2. The third-order valence-corrected chi connectivity index (χ3v) is 28.6. The number of benzene rings is 2. The Morgan fingerprint density at radius 3 is 1.43 bits per heavy atom. The predicted octanol–water partition coefficient (Wildman–Crippen LogP) is 6.36. The van der Waals surface area contributed by atoms with Crippen LogP contribution in [0.5, 0.6) is 0 Å². The van der Waals surface area contributed by atoms with E-state index in [0.29, 0.717) is 25.9 Å². The normalized spacial score (nSPS) is 15.5. The van der Waals surface area contributed by atoms with Gasteiger partial charge in [-0.05, 0) is 136 Å². The quantitative estimate of drug-likeness (QED) is 0.0208. The molecule has 5 N–H and O–H groups in total. The van der Waals surface area contributed by atoms with Gasteiger partial charge in [0.15, 0.2) is 0 Å². The van der Waals surface area contributed by atoms with Gasteiger partial charge in [-0.3, -0.25) is 57.5 Å². The molecule has 2 rings (SSSR count). The Kier molecular flexibility index (Phi) is 45.0. The summed E-state index contributed by atoms with van der Waals surface area (Å²) < 4.78 is 44.5. The fraction of sp³-hybridized carbons (Fsp3) is 0.697. The lowest BCUT2D eigenvalue weighted by atomic mass is 9.91. The van der Waals surface area contributed by atoms with Gasteiger partial charge in [-0.25, -0.2) is 13.2 Å². The first kappa shape index (κ1) is 108. The lowest BCUT2D eigenvalue weighted by Crippen LogP contribution is -2.66. The molecule has 0 aromatic heterocycles. The van der Waals surface area contributed by atoms with Gasteiger partial charge < -0.3 is 74.8 Å². The number of hydrogen-bond donors (Lipinski definition) is 5. The fourth-order valence-electron chi connectivity index (χ4n) is 15.4. The summed E-state index contributed by atoms with van der Waals surface area (Å²) in [6.07, 6.45) is 5.11. The highest BCUT2D eigenvalue weighted by atomic mass is 32.2. The molecule has 0 aliphatic carbocycles. The average molecular weight is 1740 g/mol. The van der Waals surface area contributed by atoms with E-state index >= 15 is 19.2 Å². The van der Waals surface area contributed by atoms with Crippen LogP contribution in [0.1, 0.15) is 197 Å². The van der Waals surface area contributed by atoms with Crippen LogP contribution in [-0.4, -0.2) is 289 Å². The van der Waals surface area contributed by atoms with Gasteiger partial charge in [-0.2, -0.15) is 0 Å². The Hall–Kier alpha value is -8.62. The Balaban J connectivity index is 2.54. The average Bonchev–Trinajstić information content (AvgIpc) is 0.746. The van der Waals surface area contributed by atoms with E-state index in [1.165, 1.54) is 106 Å². The maximum Gasteiger partial charge on any atom is 0.328 e. The van der Waals surface area contributed by atoms with E-state index in [1.54, 1.807) is 68.5 Å². The van der Waals surface area contributed by atoms with E-state index in [4.69, 9.17) is 13.9 Å². The molecule has 0 spiro atoms. The third-order valence-electron chi connectivity index (χ3n) is 22.4. The number of sulfone groups is 1. The Bertz CT molecular complexity index is 3840. The summed E-state index contributed by atoms with van der Waals surface area (Å²) in [4.78, 5) is 196. The second kappa shape index (κ2) is 50.2. The van der Waals surface area contributed by atoms with E-state index in [2.05, 4.69) is 71.6 Å². The van der Waals surface area contributed by atoms with Crippen LogP contribution in [0, 0.1) is 41.4 Å². The van der Waals surface area contributed by atoms with Gasteiger partial charge in [0, 0.05) is 76.0 Å². The highest BCUT2D eigenvalue weighted by molar-refractivity contribution is 7.90. The van der Waals surface area contributed by atoms with Crippen molar-refractivity contribution in [2.45, 2.75) is 274 Å². The van der Waals surface area contributed by atoms with Crippen molar-refractivity contribution in [2.75, 3.05) is 88.1 Å². The van der Waals surface area contributed by atoms with Crippen molar-refractivity contribution in [3.05, 3.63) is 72.8 Å². The molecule has 14 atom stereocenters. The maximum atomic E-state index is 15.4. The number of nitrogens with zero attached hydrogens (tertiary/aromatic N) is 7. The Labute approximate surface area is 724 Å². The molecule has 0 unspecified atom stereocenters. The molecule has 0 aliphatic heterocycles. The first-order chi connectivity index (χ1) is 56.1. The molecule has 32 heteroatoms. The molecule has 0 radical (unpaired) electrons. The van der Waals surface area contributed by atoms with E-state index in [-0.39, 0.29) is 74.0 Å². The van der Waals surface area contributed by atoms with E-state index in [9.17, 15) is 51.6 Å². The molecular weight excluding hydrogens is 1590 g/mol. The number of nitrogens with one attached hydrogen (secondary N) is 5. The lowest BCUT2D eigenvalue weighted by Gasteiger charge is -2.43. The first-order valence-electron chi connectivity index (χ1n) is 42.7. The summed E-state index contributed by atoms with van der Waals surface area (Å²) in [6.45, 7) is 36.8. The lowest BCUT2D eigenvalue weighted by molar-refractivity contribution is -0.164. The summed E-state index contributed by atoms with van der Waals surface area (Å²) in [5, 5.41) is 16.0. The fourth-order valence-corrected chi connectivity index (χ4v) is 21.1. The number of rotatable bonds is 50. The molecule has 2 aromatic carbocycles. The molecule has 684 valence electrons. The van der Waals surface area contributed by atoms with Crippen molar-refractivity contribution in [2.24, 2.45) is 41.4 Å². The van der Waals surface area contributed by atoms with Gasteiger partial charge >= 0.3 is 11.9 Å². The minimum Gasteiger partial charge on any atom is -0.462 e. The van der Waals surface area contributed by atoms with E-state index < -0.39 is 191 Å². The highest BCUT2D eigenvalue weighted by Crippen LogP contribution is 2.37. The minimum atomic E-state index is -3.74. The van der Waals surface area contributed by atoms with Gasteiger partial charge in [0.25, 0.3) is 8.32 Å². The summed E-state index contributed by atoms with van der Waals surface area (Å²) in [6, 6.07) is 6.28. The van der Waals surface area contributed by atoms with Crippen LogP contribution in [0.2, 0.25) is 5.04 Å². The van der Waals surface area contributed by atoms with Gasteiger partial charge in [-0.1, -0.05) is 184 Å². The maximum absolute atomic E-state index is 15.4. The molecule has 0 heterocycles. The molecule has 30 nitrogen and oxygen atoms in total. The molecule has 121 heavy (non-hydrogen) atoms. The van der Waals surface area contributed by atoms with Crippen LogP contribution in [0.4, 0.5) is 0 Å².